The Labute approximate surface area is 196 Å². The van der Waals surface area contributed by atoms with Crippen molar-refractivity contribution < 1.29 is 9.90 Å². The molecule has 1 atom stereocenters. The second-order valence-corrected chi connectivity index (χ2v) is 10.0. The smallest absolute Gasteiger partial charge is 0.408 e. The van der Waals surface area contributed by atoms with Gasteiger partial charge in [0, 0.05) is 11.8 Å². The van der Waals surface area contributed by atoms with E-state index in [9.17, 15) is 9.90 Å². The molecule has 7 nitrogen and oxygen atoms in total. The highest BCUT2D eigenvalue weighted by atomic mass is 32.2. The molecule has 8 heteroatoms. The average Bonchev–Trinajstić information content (AvgIpc) is 3.35. The minimum Gasteiger partial charge on any atom is -0.465 e. The maximum absolute atomic E-state index is 12.1. The first kappa shape index (κ1) is 21.5. The summed E-state index contributed by atoms with van der Waals surface area (Å²) in [5, 5.41) is 12.9. The van der Waals surface area contributed by atoms with Crippen LogP contribution in [0.25, 0.3) is 28.0 Å². The second kappa shape index (κ2) is 7.88. The van der Waals surface area contributed by atoms with Crippen LogP contribution < -0.4 is 0 Å². The van der Waals surface area contributed by atoms with Crippen LogP contribution in [-0.2, 0) is 6.54 Å². The Kier molecular flexibility index (Phi) is 5.12. The Morgan fingerprint density at radius 1 is 1.09 bits per heavy atom. The molecule has 3 heterocycles. The summed E-state index contributed by atoms with van der Waals surface area (Å²) in [6.45, 7) is 6.40. The molecule has 1 aliphatic rings. The molecule has 1 amide bonds. The summed E-state index contributed by atoms with van der Waals surface area (Å²) in [6.07, 6.45) is 2.72. The largest absolute Gasteiger partial charge is 0.465 e. The number of imidazole rings is 1. The van der Waals surface area contributed by atoms with E-state index in [4.69, 9.17) is 9.97 Å². The van der Waals surface area contributed by atoms with Crippen LogP contribution in [0.5, 0.6) is 0 Å². The SMILES string of the molecule is CSc1nccc(-n2c(-c3ccc4ccccc4c3)nc3c2CN(C(=O)O)C3C(C)(C)C)n1. The van der Waals surface area contributed by atoms with Crippen molar-refractivity contribution in [2.24, 2.45) is 5.41 Å². The van der Waals surface area contributed by atoms with E-state index in [-0.39, 0.29) is 18.0 Å². The molecule has 0 spiro atoms. The molecule has 0 aliphatic carbocycles. The first-order valence-electron chi connectivity index (χ1n) is 10.8. The summed E-state index contributed by atoms with van der Waals surface area (Å²) in [5.41, 5.74) is 2.28. The topological polar surface area (TPSA) is 84.1 Å². The van der Waals surface area contributed by atoms with E-state index >= 15 is 0 Å². The highest BCUT2D eigenvalue weighted by Gasteiger charge is 2.45. The van der Waals surface area contributed by atoms with Gasteiger partial charge in [0.25, 0.3) is 0 Å². The zero-order valence-electron chi connectivity index (χ0n) is 19.0. The molecule has 1 unspecified atom stereocenters. The summed E-state index contributed by atoms with van der Waals surface area (Å²) in [5.74, 6) is 1.45. The fraction of sp³-hybridized carbons (Fsp3) is 0.280. The van der Waals surface area contributed by atoms with E-state index < -0.39 is 6.09 Å². The number of aromatic nitrogens is 4. The lowest BCUT2D eigenvalue weighted by Crippen LogP contribution is -2.36. The van der Waals surface area contributed by atoms with Gasteiger partial charge >= 0.3 is 6.09 Å². The molecule has 0 radical (unpaired) electrons. The zero-order chi connectivity index (χ0) is 23.3. The molecular weight excluding hydrogens is 434 g/mol. The van der Waals surface area contributed by atoms with Crippen molar-refractivity contribution in [1.82, 2.24) is 24.4 Å². The number of nitrogens with zero attached hydrogens (tertiary/aromatic N) is 5. The maximum atomic E-state index is 12.1. The van der Waals surface area contributed by atoms with E-state index in [1.165, 1.54) is 16.7 Å². The number of hydrogen-bond donors (Lipinski definition) is 1. The first-order valence-corrected chi connectivity index (χ1v) is 12.0. The monoisotopic (exact) mass is 459 g/mol. The molecule has 2 aromatic carbocycles. The van der Waals surface area contributed by atoms with Gasteiger partial charge in [-0.3, -0.25) is 9.47 Å². The van der Waals surface area contributed by atoms with Crippen LogP contribution in [0.15, 0.2) is 59.9 Å². The van der Waals surface area contributed by atoms with Crippen molar-refractivity contribution in [3.63, 3.8) is 0 Å². The Morgan fingerprint density at radius 3 is 2.55 bits per heavy atom. The number of carboxylic acid groups (broad SMARTS) is 1. The van der Waals surface area contributed by atoms with Gasteiger partial charge in [-0.2, -0.15) is 0 Å². The average molecular weight is 460 g/mol. The quantitative estimate of drug-likeness (QED) is 0.309. The van der Waals surface area contributed by atoms with Crippen LogP contribution in [0, 0.1) is 5.41 Å². The standard InChI is InChI=1S/C25H25N5O2S/c1-25(2,3)21-20-18(14-29(21)24(31)32)30(19-11-12-26-23(27-19)33-4)22(28-20)17-10-9-15-7-5-6-8-16(15)13-17/h5-13,21H,14H2,1-4H3,(H,31,32). The highest BCUT2D eigenvalue weighted by Crippen LogP contribution is 2.46. The normalized spacial score (nSPS) is 15.8. The maximum Gasteiger partial charge on any atom is 0.408 e. The Balaban J connectivity index is 1.78. The number of hydrogen-bond acceptors (Lipinski definition) is 5. The Morgan fingerprint density at radius 2 is 1.85 bits per heavy atom. The molecule has 0 bridgehead atoms. The molecule has 0 saturated carbocycles. The minimum atomic E-state index is -0.945. The Hall–Kier alpha value is -3.39. The fourth-order valence-corrected chi connectivity index (χ4v) is 4.97. The summed E-state index contributed by atoms with van der Waals surface area (Å²) in [6, 6.07) is 16.0. The van der Waals surface area contributed by atoms with Crippen molar-refractivity contribution >= 4 is 28.6 Å². The molecule has 0 fully saturated rings. The molecular formula is C25H25N5O2S. The summed E-state index contributed by atoms with van der Waals surface area (Å²) in [4.78, 5) is 27.7. The van der Waals surface area contributed by atoms with Gasteiger partial charge in [0.15, 0.2) is 5.16 Å². The predicted molar refractivity (Wildman–Crippen MR) is 130 cm³/mol. The lowest BCUT2D eigenvalue weighted by atomic mass is 9.85. The highest BCUT2D eigenvalue weighted by molar-refractivity contribution is 7.98. The third kappa shape index (κ3) is 3.64. The van der Waals surface area contributed by atoms with Crippen molar-refractivity contribution in [3.05, 3.63) is 66.1 Å². The molecule has 0 saturated heterocycles. The van der Waals surface area contributed by atoms with Gasteiger partial charge in [-0.25, -0.2) is 19.7 Å². The van der Waals surface area contributed by atoms with Crippen molar-refractivity contribution in [2.45, 2.75) is 38.5 Å². The number of rotatable bonds is 3. The molecule has 33 heavy (non-hydrogen) atoms. The van der Waals surface area contributed by atoms with Crippen LogP contribution >= 0.6 is 11.8 Å². The van der Waals surface area contributed by atoms with Gasteiger partial charge in [0.05, 0.1) is 24.0 Å². The molecule has 4 aromatic rings. The lowest BCUT2D eigenvalue weighted by molar-refractivity contribution is 0.0880. The molecule has 2 aromatic heterocycles. The fourth-order valence-electron chi connectivity index (χ4n) is 4.62. The van der Waals surface area contributed by atoms with Gasteiger partial charge in [0.2, 0.25) is 0 Å². The van der Waals surface area contributed by atoms with Crippen molar-refractivity contribution in [2.75, 3.05) is 6.26 Å². The lowest BCUT2D eigenvalue weighted by Gasteiger charge is -2.33. The molecule has 1 N–H and O–H groups in total. The van der Waals surface area contributed by atoms with Crippen LogP contribution in [0.4, 0.5) is 4.79 Å². The minimum absolute atomic E-state index is 0.256. The number of amides is 1. The van der Waals surface area contributed by atoms with E-state index in [0.717, 1.165) is 33.5 Å². The molecule has 1 aliphatic heterocycles. The molecule has 168 valence electrons. The summed E-state index contributed by atoms with van der Waals surface area (Å²) in [7, 11) is 0. The first-order chi connectivity index (χ1) is 15.8. The van der Waals surface area contributed by atoms with Gasteiger partial charge in [0.1, 0.15) is 11.6 Å². The van der Waals surface area contributed by atoms with Crippen molar-refractivity contribution in [3.8, 4) is 17.2 Å². The van der Waals surface area contributed by atoms with E-state index in [0.29, 0.717) is 11.0 Å². The van der Waals surface area contributed by atoms with Crippen LogP contribution in [0.1, 0.15) is 38.2 Å². The third-order valence-corrected chi connectivity index (χ3v) is 6.56. The number of carbonyl (C=O) groups is 1. The number of thioether (sulfide) groups is 1. The van der Waals surface area contributed by atoms with Gasteiger partial charge in [-0.05, 0) is 34.6 Å². The summed E-state index contributed by atoms with van der Waals surface area (Å²) >= 11 is 1.47. The summed E-state index contributed by atoms with van der Waals surface area (Å²) < 4.78 is 2.00. The second-order valence-electron chi connectivity index (χ2n) is 9.25. The predicted octanol–water partition coefficient (Wildman–Crippen LogP) is 5.79. The third-order valence-electron chi connectivity index (χ3n) is 6.00. The molecule has 5 rings (SSSR count). The van der Waals surface area contributed by atoms with Gasteiger partial charge < -0.3 is 5.11 Å². The van der Waals surface area contributed by atoms with E-state index in [1.807, 2.05) is 49.8 Å². The number of benzene rings is 2. The van der Waals surface area contributed by atoms with E-state index in [2.05, 4.69) is 35.3 Å². The van der Waals surface area contributed by atoms with Crippen LogP contribution in [-0.4, -0.2) is 41.9 Å². The zero-order valence-corrected chi connectivity index (χ0v) is 19.8. The number of fused-ring (bicyclic) bond motifs is 2. The van der Waals surface area contributed by atoms with Crippen molar-refractivity contribution in [1.29, 1.82) is 0 Å². The van der Waals surface area contributed by atoms with Gasteiger partial charge in [-0.1, -0.05) is 68.9 Å². The van der Waals surface area contributed by atoms with Gasteiger partial charge in [-0.15, -0.1) is 0 Å². The van der Waals surface area contributed by atoms with Crippen LogP contribution in [0.3, 0.4) is 0 Å². The van der Waals surface area contributed by atoms with E-state index in [1.54, 1.807) is 6.20 Å². The van der Waals surface area contributed by atoms with Crippen LogP contribution in [0.2, 0.25) is 0 Å². The Bertz CT molecular complexity index is 1370.